The number of hydrogen-bond donors (Lipinski definition) is 1. The van der Waals surface area contributed by atoms with Crippen molar-refractivity contribution in [2.24, 2.45) is 0 Å². The van der Waals surface area contributed by atoms with Crippen molar-refractivity contribution >= 4 is 5.97 Å². The van der Waals surface area contributed by atoms with Crippen molar-refractivity contribution in [3.05, 3.63) is 35.6 Å². The average molecular weight is 240 g/mol. The molecule has 0 spiro atoms. The molecule has 1 aromatic rings. The maximum atomic E-state index is 13.0. The van der Waals surface area contributed by atoms with Crippen LogP contribution in [0, 0.1) is 5.82 Å². The van der Waals surface area contributed by atoms with E-state index in [2.05, 4.69) is 0 Å². The summed E-state index contributed by atoms with van der Waals surface area (Å²) >= 11 is 0. The van der Waals surface area contributed by atoms with Gasteiger partial charge in [0.25, 0.3) is 0 Å². The Labute approximate surface area is 100 Å². The van der Waals surface area contributed by atoms with Crippen LogP contribution in [0.15, 0.2) is 24.3 Å². The highest BCUT2D eigenvalue weighted by Crippen LogP contribution is 2.21. The van der Waals surface area contributed by atoms with E-state index in [0.717, 1.165) is 0 Å². The van der Waals surface area contributed by atoms with Gasteiger partial charge in [-0.1, -0.05) is 12.1 Å². The predicted octanol–water partition coefficient (Wildman–Crippen LogP) is 2.81. The number of ether oxygens (including phenoxy) is 1. The lowest BCUT2D eigenvalue weighted by molar-refractivity contribution is -0.139. The zero-order valence-electron chi connectivity index (χ0n) is 10.0. The van der Waals surface area contributed by atoms with Gasteiger partial charge in [0.05, 0.1) is 12.0 Å². The zero-order chi connectivity index (χ0) is 12.8. The number of hydrogen-bond acceptors (Lipinski definition) is 2. The van der Waals surface area contributed by atoms with E-state index in [0.29, 0.717) is 18.6 Å². The van der Waals surface area contributed by atoms with Gasteiger partial charge in [-0.25, -0.2) is 4.39 Å². The minimum atomic E-state index is -0.956. The number of carboxylic acids is 1. The molecule has 1 N–H and O–H groups in total. The topological polar surface area (TPSA) is 46.5 Å². The number of aliphatic carboxylic acids is 1. The summed E-state index contributed by atoms with van der Waals surface area (Å²) in [5.74, 6) is -2.09. The fraction of sp³-hybridized carbons (Fsp3) is 0.462. The Kier molecular flexibility index (Phi) is 5.10. The lowest BCUT2D eigenvalue weighted by Gasteiger charge is -2.14. The molecule has 0 heterocycles. The molecule has 4 heteroatoms. The molecule has 0 saturated heterocycles. The molecule has 1 aromatic carbocycles. The summed E-state index contributed by atoms with van der Waals surface area (Å²) < 4.78 is 18.3. The third-order valence-corrected chi connectivity index (χ3v) is 2.41. The molecule has 1 unspecified atom stereocenters. The SMILES string of the molecule is CC(C)OCCC(C(=O)O)c1cccc(F)c1. The van der Waals surface area contributed by atoms with Crippen LogP contribution in [0.3, 0.4) is 0 Å². The van der Waals surface area contributed by atoms with Gasteiger partial charge in [0, 0.05) is 6.61 Å². The summed E-state index contributed by atoms with van der Waals surface area (Å²) in [6.07, 6.45) is 0.411. The molecule has 0 aliphatic heterocycles. The van der Waals surface area contributed by atoms with Crippen LogP contribution in [0.5, 0.6) is 0 Å². The van der Waals surface area contributed by atoms with Crippen molar-refractivity contribution in [2.45, 2.75) is 32.3 Å². The van der Waals surface area contributed by atoms with Crippen molar-refractivity contribution in [3.63, 3.8) is 0 Å². The average Bonchev–Trinajstić information content (AvgIpc) is 2.23. The molecule has 0 saturated carbocycles. The van der Waals surface area contributed by atoms with E-state index in [9.17, 15) is 9.18 Å². The Morgan fingerprint density at radius 2 is 2.18 bits per heavy atom. The first-order chi connectivity index (χ1) is 8.00. The normalized spacial score (nSPS) is 12.7. The lowest BCUT2D eigenvalue weighted by atomic mass is 9.96. The van der Waals surface area contributed by atoms with Gasteiger partial charge in [0.15, 0.2) is 0 Å². The fourth-order valence-electron chi connectivity index (χ4n) is 1.58. The van der Waals surface area contributed by atoms with Crippen LogP contribution in [0.2, 0.25) is 0 Å². The van der Waals surface area contributed by atoms with Crippen LogP contribution < -0.4 is 0 Å². The summed E-state index contributed by atoms with van der Waals surface area (Å²) in [4.78, 5) is 11.1. The van der Waals surface area contributed by atoms with Crippen LogP contribution in [-0.2, 0) is 9.53 Å². The summed E-state index contributed by atoms with van der Waals surface area (Å²) in [6.45, 7) is 4.13. The smallest absolute Gasteiger partial charge is 0.311 e. The third-order valence-electron chi connectivity index (χ3n) is 2.41. The third kappa shape index (κ3) is 4.53. The van der Waals surface area contributed by atoms with Gasteiger partial charge >= 0.3 is 5.97 Å². The Balaban J connectivity index is 2.69. The van der Waals surface area contributed by atoms with Gasteiger partial charge in [0.1, 0.15) is 5.82 Å². The van der Waals surface area contributed by atoms with Crippen LogP contribution in [-0.4, -0.2) is 23.8 Å². The number of rotatable bonds is 6. The first-order valence-electron chi connectivity index (χ1n) is 5.60. The van der Waals surface area contributed by atoms with Crippen molar-refractivity contribution in [1.82, 2.24) is 0 Å². The maximum Gasteiger partial charge on any atom is 0.311 e. The van der Waals surface area contributed by atoms with Gasteiger partial charge in [-0.15, -0.1) is 0 Å². The molecule has 0 aromatic heterocycles. The first kappa shape index (κ1) is 13.6. The molecule has 1 rings (SSSR count). The number of benzene rings is 1. The molecule has 0 fully saturated rings. The van der Waals surface area contributed by atoms with Crippen molar-refractivity contribution in [3.8, 4) is 0 Å². The Bertz CT molecular complexity index is 377. The fourth-order valence-corrected chi connectivity index (χ4v) is 1.58. The van der Waals surface area contributed by atoms with Crippen LogP contribution in [0.1, 0.15) is 31.7 Å². The molecule has 0 aliphatic carbocycles. The molecule has 3 nitrogen and oxygen atoms in total. The van der Waals surface area contributed by atoms with Crippen molar-refractivity contribution in [1.29, 1.82) is 0 Å². The Morgan fingerprint density at radius 3 is 2.71 bits per heavy atom. The van der Waals surface area contributed by atoms with Gasteiger partial charge in [-0.2, -0.15) is 0 Å². The number of carbonyl (C=O) groups is 1. The Hall–Kier alpha value is -1.42. The second kappa shape index (κ2) is 6.35. The molecular weight excluding hydrogens is 223 g/mol. The molecular formula is C13H17FO3. The quantitative estimate of drug-likeness (QED) is 0.831. The van der Waals surface area contributed by atoms with E-state index in [1.807, 2.05) is 13.8 Å². The van der Waals surface area contributed by atoms with E-state index in [1.165, 1.54) is 18.2 Å². The van der Waals surface area contributed by atoms with Crippen molar-refractivity contribution in [2.75, 3.05) is 6.61 Å². The summed E-state index contributed by atoms with van der Waals surface area (Å²) in [5.41, 5.74) is 0.477. The summed E-state index contributed by atoms with van der Waals surface area (Å²) in [6, 6.07) is 5.70. The van der Waals surface area contributed by atoms with E-state index in [1.54, 1.807) is 6.07 Å². The molecule has 17 heavy (non-hydrogen) atoms. The summed E-state index contributed by atoms with van der Waals surface area (Å²) in [7, 11) is 0. The van der Waals surface area contributed by atoms with E-state index in [-0.39, 0.29) is 6.10 Å². The number of halogens is 1. The highest BCUT2D eigenvalue weighted by Gasteiger charge is 2.20. The second-order valence-corrected chi connectivity index (χ2v) is 4.15. The number of carboxylic acid groups (broad SMARTS) is 1. The zero-order valence-corrected chi connectivity index (χ0v) is 10.0. The largest absolute Gasteiger partial charge is 0.481 e. The van der Waals surface area contributed by atoms with E-state index >= 15 is 0 Å². The van der Waals surface area contributed by atoms with Crippen LogP contribution in [0.25, 0.3) is 0 Å². The monoisotopic (exact) mass is 240 g/mol. The highest BCUT2D eigenvalue weighted by atomic mass is 19.1. The van der Waals surface area contributed by atoms with E-state index < -0.39 is 17.7 Å². The Morgan fingerprint density at radius 1 is 1.47 bits per heavy atom. The molecule has 0 radical (unpaired) electrons. The van der Waals surface area contributed by atoms with Gasteiger partial charge in [0.2, 0.25) is 0 Å². The lowest BCUT2D eigenvalue weighted by Crippen LogP contribution is -2.15. The summed E-state index contributed by atoms with van der Waals surface area (Å²) in [5, 5.41) is 9.10. The van der Waals surface area contributed by atoms with Gasteiger partial charge in [-0.05, 0) is 38.0 Å². The second-order valence-electron chi connectivity index (χ2n) is 4.15. The van der Waals surface area contributed by atoms with Crippen LogP contribution in [0.4, 0.5) is 4.39 Å². The highest BCUT2D eigenvalue weighted by molar-refractivity contribution is 5.76. The van der Waals surface area contributed by atoms with Crippen molar-refractivity contribution < 1.29 is 19.0 Å². The molecule has 1 atom stereocenters. The minimum absolute atomic E-state index is 0.0666. The predicted molar refractivity (Wildman–Crippen MR) is 62.5 cm³/mol. The van der Waals surface area contributed by atoms with Gasteiger partial charge in [-0.3, -0.25) is 4.79 Å². The molecule has 0 bridgehead atoms. The van der Waals surface area contributed by atoms with Crippen LogP contribution >= 0.6 is 0 Å². The standard InChI is InChI=1S/C13H17FO3/c1-9(2)17-7-6-12(13(15)16)10-4-3-5-11(14)8-10/h3-5,8-9,12H,6-7H2,1-2H3,(H,15,16). The molecule has 0 amide bonds. The first-order valence-corrected chi connectivity index (χ1v) is 5.60. The molecule has 94 valence electrons. The van der Waals surface area contributed by atoms with E-state index in [4.69, 9.17) is 9.84 Å². The maximum absolute atomic E-state index is 13.0. The van der Waals surface area contributed by atoms with Gasteiger partial charge < -0.3 is 9.84 Å². The minimum Gasteiger partial charge on any atom is -0.481 e. The molecule has 0 aliphatic rings.